The molecule has 1 amide bonds. The Labute approximate surface area is 139 Å². The van der Waals surface area contributed by atoms with Crippen molar-refractivity contribution in [1.29, 1.82) is 0 Å². The number of phenols is 1. The summed E-state index contributed by atoms with van der Waals surface area (Å²) in [6.07, 6.45) is 0.807. The first-order valence-electron chi connectivity index (χ1n) is 8.25. The van der Waals surface area contributed by atoms with Crippen molar-refractivity contribution in [3.63, 3.8) is 0 Å². The third-order valence-electron chi connectivity index (χ3n) is 5.07. The van der Waals surface area contributed by atoms with Crippen LogP contribution in [0.1, 0.15) is 66.0 Å². The molecule has 1 radical (unpaired) electrons. The standard InChI is InChI=1S/C19H28N2O2.Es/c1-8-19(7)12(2)20-17(21(19)13(3)22)15-10-9-14(11-16(15)23)18(4,5)6;/h9-12,23H,8H2,1-7H3;/t12-,19-;/m1./s1. The van der Waals surface area contributed by atoms with Crippen LogP contribution in [0.4, 0.5) is 0 Å². The predicted octanol–water partition coefficient (Wildman–Crippen LogP) is 3.86. The monoisotopic (exact) mass is 568 g/mol. The molecule has 137 valence electrons. The second-order valence-electron chi connectivity index (χ2n) is 7.68. The van der Waals surface area contributed by atoms with Crippen LogP contribution in [-0.4, -0.2) is 33.3 Å². The summed E-state index contributed by atoms with van der Waals surface area (Å²) in [7, 11) is 0. The Kier molecular flexibility index (Phi) is 4.79. The molecular formula is C19H28EsN2O2. The number of aromatic hydroxyl groups is 1. The molecule has 1 aromatic rings. The molecule has 0 aromatic heterocycles. The van der Waals surface area contributed by atoms with Crippen molar-refractivity contribution in [3.8, 4) is 5.75 Å². The first kappa shape index (κ1) is 19.2. The number of carbonyl (C=O) groups is 1. The number of carbonyl (C=O) groups excluding carboxylic acids is 1. The average molecular weight is 568 g/mol. The molecule has 2 atom stereocenters. The van der Waals surface area contributed by atoms with E-state index in [9.17, 15) is 9.90 Å². The van der Waals surface area contributed by atoms with Crippen molar-refractivity contribution in [2.45, 2.75) is 71.9 Å². The van der Waals surface area contributed by atoms with Crippen LogP contribution < -0.4 is 0 Å². The molecule has 1 N–H and O–H groups in total. The van der Waals surface area contributed by atoms with Crippen LogP contribution in [-0.2, 0) is 10.2 Å². The third kappa shape index (κ3) is 2.84. The molecule has 1 aromatic carbocycles. The Hall–Kier alpha value is -2.84. The van der Waals surface area contributed by atoms with E-state index in [0.717, 1.165) is 12.0 Å². The molecular weight excluding hydrogens is 540 g/mol. The molecule has 0 saturated carbocycles. The Bertz CT molecular complexity index is 664. The Morgan fingerprint density at radius 2 is 1.96 bits per heavy atom. The number of hydrogen-bond acceptors (Lipinski definition) is 3. The maximum atomic E-state index is 12.3. The van der Waals surface area contributed by atoms with Crippen LogP contribution >= 0.6 is 0 Å². The molecule has 4 nitrogen and oxygen atoms in total. The van der Waals surface area contributed by atoms with E-state index < -0.39 is 0 Å². The molecule has 24 heavy (non-hydrogen) atoms. The van der Waals surface area contributed by atoms with Gasteiger partial charge in [-0.25, -0.2) is 0 Å². The summed E-state index contributed by atoms with van der Waals surface area (Å²) >= 11 is 0. The van der Waals surface area contributed by atoms with Crippen molar-refractivity contribution >= 4 is 11.7 Å². The van der Waals surface area contributed by atoms with E-state index in [2.05, 4.69) is 34.6 Å². The van der Waals surface area contributed by atoms with Crippen LogP contribution in [0.2, 0.25) is 0 Å². The molecule has 2 rings (SSSR count). The molecule has 0 unspecified atom stereocenters. The zero-order valence-electron chi connectivity index (χ0n) is 15.6. The van der Waals surface area contributed by atoms with E-state index in [1.165, 1.54) is 0 Å². The fourth-order valence-corrected chi connectivity index (χ4v) is 3.15. The summed E-state index contributed by atoms with van der Waals surface area (Å²) in [5, 5.41) is 10.5. The van der Waals surface area contributed by atoms with E-state index in [1.54, 1.807) is 17.9 Å². The minimum absolute atomic E-state index is 0. The second-order valence-corrected chi connectivity index (χ2v) is 7.68. The largest absolute Gasteiger partial charge is 0.507 e. The molecule has 0 aliphatic carbocycles. The van der Waals surface area contributed by atoms with Crippen molar-refractivity contribution in [3.05, 3.63) is 29.3 Å². The van der Waals surface area contributed by atoms with Crippen LogP contribution in [0, 0.1) is 0 Å². The van der Waals surface area contributed by atoms with E-state index in [1.807, 2.05) is 19.1 Å². The van der Waals surface area contributed by atoms with Gasteiger partial charge in [0.25, 0.3) is 0 Å². The first-order valence-corrected chi connectivity index (χ1v) is 8.25. The van der Waals surface area contributed by atoms with Gasteiger partial charge in [0.05, 0.1) is 17.1 Å². The van der Waals surface area contributed by atoms with Crippen LogP contribution in [0.15, 0.2) is 23.2 Å². The van der Waals surface area contributed by atoms with Crippen LogP contribution in [0.3, 0.4) is 0 Å². The van der Waals surface area contributed by atoms with E-state index >= 15 is 0 Å². The van der Waals surface area contributed by atoms with Gasteiger partial charge >= 0.3 is 0 Å². The number of hydrogen-bond donors (Lipinski definition) is 1. The average Bonchev–Trinajstić information content (AvgIpc) is 2.70. The maximum absolute atomic E-state index is 12.3. The van der Waals surface area contributed by atoms with Gasteiger partial charge in [0.2, 0.25) is 5.91 Å². The Morgan fingerprint density at radius 1 is 1.38 bits per heavy atom. The van der Waals surface area contributed by atoms with Gasteiger partial charge in [0, 0.05) is 6.92 Å². The summed E-state index contributed by atoms with van der Waals surface area (Å²) in [5.74, 6) is 0.707. The van der Waals surface area contributed by atoms with Crippen LogP contribution in [0.5, 0.6) is 5.75 Å². The normalized spacial score (nSPS) is 23.7. The van der Waals surface area contributed by atoms with Gasteiger partial charge in [-0.2, -0.15) is 0 Å². The minimum atomic E-state index is -0.351. The fraction of sp³-hybridized carbons (Fsp3) is 0.579. The topological polar surface area (TPSA) is 52.9 Å². The number of rotatable bonds is 2. The first-order chi connectivity index (χ1) is 10.5. The van der Waals surface area contributed by atoms with Crippen molar-refractivity contribution in [1.82, 2.24) is 4.90 Å². The van der Waals surface area contributed by atoms with E-state index in [0.29, 0.717) is 11.4 Å². The van der Waals surface area contributed by atoms with Gasteiger partial charge in [0.1, 0.15) is 11.6 Å². The maximum Gasteiger partial charge on any atom is 0.225 e. The number of amidine groups is 1. The predicted molar refractivity (Wildman–Crippen MR) is 94.0 cm³/mol. The zero-order valence-corrected chi connectivity index (χ0v) is 18.1. The quantitative estimate of drug-likeness (QED) is 0.590. The van der Waals surface area contributed by atoms with Crippen LogP contribution in [0.25, 0.3) is 0 Å². The summed E-state index contributed by atoms with van der Waals surface area (Å²) < 4.78 is 0. The fourth-order valence-electron chi connectivity index (χ4n) is 3.15. The number of nitrogens with zero attached hydrogens (tertiary/aromatic N) is 2. The summed E-state index contributed by atoms with van der Waals surface area (Å²) in [6.45, 7) is 14.0. The van der Waals surface area contributed by atoms with Crippen molar-refractivity contribution in [2.24, 2.45) is 4.99 Å². The second kappa shape index (κ2) is 5.99. The van der Waals surface area contributed by atoms with Crippen molar-refractivity contribution < 1.29 is 9.90 Å². The summed E-state index contributed by atoms with van der Waals surface area (Å²) in [4.78, 5) is 18.7. The SMILES string of the molecule is CC[C@]1(C)[C@@H](C)N=C(c2ccc(C(C)(C)C)cc2O)N1C(C)=O.[Es]. The van der Waals surface area contributed by atoms with E-state index in [-0.39, 0.29) is 28.7 Å². The molecule has 0 fully saturated rings. The molecule has 1 aliphatic heterocycles. The third-order valence-corrected chi connectivity index (χ3v) is 5.07. The molecule has 0 spiro atoms. The van der Waals surface area contributed by atoms with Gasteiger partial charge in [-0.15, -0.1) is 0 Å². The van der Waals surface area contributed by atoms with E-state index in [4.69, 9.17) is 4.99 Å². The van der Waals surface area contributed by atoms with Crippen molar-refractivity contribution in [2.75, 3.05) is 0 Å². The number of aliphatic imine (C=N–C) groups is 1. The zero-order chi connectivity index (χ0) is 17.6. The van der Waals surface area contributed by atoms with Gasteiger partial charge < -0.3 is 5.11 Å². The summed E-state index contributed by atoms with van der Waals surface area (Å²) in [5.41, 5.74) is 1.28. The molecule has 1 aliphatic rings. The number of amides is 1. The number of phenolic OH excluding ortho intramolecular Hbond substituents is 1. The molecule has 5 heteroatoms. The molecule has 0 bridgehead atoms. The Morgan fingerprint density at radius 3 is 2.38 bits per heavy atom. The Balaban J connectivity index is 0.00000288. The smallest absolute Gasteiger partial charge is 0.225 e. The van der Waals surface area contributed by atoms with Gasteiger partial charge in [0.15, 0.2) is 0 Å². The number of benzene rings is 1. The van der Waals surface area contributed by atoms with Gasteiger partial charge in [-0.1, -0.05) is 33.8 Å². The van der Waals surface area contributed by atoms with Gasteiger partial charge in [-0.05, 0) is 43.4 Å². The van der Waals surface area contributed by atoms with Gasteiger partial charge in [-0.3, -0.25) is 14.7 Å². The minimum Gasteiger partial charge on any atom is -0.507 e. The molecule has 0 saturated heterocycles. The summed E-state index contributed by atoms with van der Waals surface area (Å²) in [6, 6.07) is 5.65. The molecule has 1 heterocycles.